The van der Waals surface area contributed by atoms with Crippen LogP contribution in [0.3, 0.4) is 0 Å². The molecule has 19 heavy (non-hydrogen) atoms. The van der Waals surface area contributed by atoms with E-state index in [2.05, 4.69) is 38.5 Å². The molecule has 1 aromatic rings. The van der Waals surface area contributed by atoms with Gasteiger partial charge >= 0.3 is 0 Å². The second kappa shape index (κ2) is 7.07. The maximum atomic E-state index is 12.0. The normalized spacial score (nSPS) is 22.4. The molecular formula is C12H17BrClN3O2. The maximum absolute atomic E-state index is 12.0. The van der Waals surface area contributed by atoms with Crippen LogP contribution in [0.15, 0.2) is 21.5 Å². The van der Waals surface area contributed by atoms with Crippen LogP contribution < -0.4 is 16.2 Å². The summed E-state index contributed by atoms with van der Waals surface area (Å²) in [6.45, 7) is 3.06. The van der Waals surface area contributed by atoms with Gasteiger partial charge in [0.05, 0.1) is 10.0 Å². The van der Waals surface area contributed by atoms with Crippen LogP contribution in [0.5, 0.6) is 0 Å². The summed E-state index contributed by atoms with van der Waals surface area (Å²) >= 11 is 3.12. The summed E-state index contributed by atoms with van der Waals surface area (Å²) in [5.41, 5.74) is 0.221. The highest BCUT2D eigenvalue weighted by Crippen LogP contribution is 2.10. The predicted octanol–water partition coefficient (Wildman–Crippen LogP) is 1.43. The van der Waals surface area contributed by atoms with Crippen molar-refractivity contribution in [1.29, 1.82) is 0 Å². The van der Waals surface area contributed by atoms with Gasteiger partial charge in [-0.15, -0.1) is 12.4 Å². The molecule has 0 saturated carbocycles. The molecule has 3 N–H and O–H groups in total. The van der Waals surface area contributed by atoms with Crippen molar-refractivity contribution in [3.63, 3.8) is 0 Å². The van der Waals surface area contributed by atoms with Crippen LogP contribution in [0.2, 0.25) is 0 Å². The molecule has 106 valence electrons. The highest BCUT2D eigenvalue weighted by atomic mass is 79.9. The standard InChI is InChI=1S/C12H16BrN3O2.ClH/c1-7-10(3-2-4-14-7)16-11(17)8-5-9(13)12(18)15-6-8;/h5-7,10,14H,2-4H2,1H3,(H,15,18)(H,16,17);1H. The number of rotatable bonds is 2. The van der Waals surface area contributed by atoms with Crippen molar-refractivity contribution in [3.05, 3.63) is 32.7 Å². The molecule has 0 aromatic carbocycles. The zero-order valence-electron chi connectivity index (χ0n) is 10.5. The quantitative estimate of drug-likeness (QED) is 0.755. The van der Waals surface area contributed by atoms with E-state index in [0.717, 1.165) is 19.4 Å². The first-order chi connectivity index (χ1) is 8.58. The topological polar surface area (TPSA) is 74.0 Å². The molecule has 2 rings (SSSR count). The number of H-pyrrole nitrogens is 1. The van der Waals surface area contributed by atoms with Crippen LogP contribution in [-0.2, 0) is 0 Å². The molecule has 1 aliphatic heterocycles. The molecular weight excluding hydrogens is 334 g/mol. The number of piperidine rings is 1. The zero-order chi connectivity index (χ0) is 13.1. The number of carbonyl (C=O) groups excluding carboxylic acids is 1. The van der Waals surface area contributed by atoms with Gasteiger partial charge in [-0.05, 0) is 48.3 Å². The van der Waals surface area contributed by atoms with Gasteiger partial charge in [0, 0.05) is 18.3 Å². The number of nitrogens with one attached hydrogen (secondary N) is 3. The molecule has 1 aromatic heterocycles. The van der Waals surface area contributed by atoms with Crippen LogP contribution >= 0.6 is 28.3 Å². The number of amides is 1. The lowest BCUT2D eigenvalue weighted by atomic mass is 9.99. The Hall–Kier alpha value is -0.850. The van der Waals surface area contributed by atoms with Crippen LogP contribution in [0.1, 0.15) is 30.1 Å². The first-order valence-electron chi connectivity index (χ1n) is 6.00. The number of carbonyl (C=O) groups is 1. The fourth-order valence-electron chi connectivity index (χ4n) is 2.08. The summed E-state index contributed by atoms with van der Waals surface area (Å²) in [6.07, 6.45) is 3.47. The van der Waals surface area contributed by atoms with Crippen molar-refractivity contribution >= 4 is 34.2 Å². The van der Waals surface area contributed by atoms with E-state index in [0.29, 0.717) is 10.0 Å². The molecule has 1 amide bonds. The van der Waals surface area contributed by atoms with Crippen LogP contribution in [0.4, 0.5) is 0 Å². The summed E-state index contributed by atoms with van der Waals surface area (Å²) in [4.78, 5) is 25.8. The summed E-state index contributed by atoms with van der Waals surface area (Å²) in [5, 5.41) is 6.31. The average molecular weight is 351 g/mol. The Labute approximate surface area is 126 Å². The molecule has 2 unspecified atom stereocenters. The number of halogens is 2. The molecule has 2 atom stereocenters. The second-order valence-electron chi connectivity index (χ2n) is 4.53. The molecule has 1 saturated heterocycles. The maximum Gasteiger partial charge on any atom is 0.262 e. The summed E-state index contributed by atoms with van der Waals surface area (Å²) < 4.78 is 0.366. The van der Waals surface area contributed by atoms with E-state index in [1.165, 1.54) is 12.3 Å². The number of hydrogen-bond acceptors (Lipinski definition) is 3. The van der Waals surface area contributed by atoms with Gasteiger partial charge in [0.2, 0.25) is 0 Å². The highest BCUT2D eigenvalue weighted by molar-refractivity contribution is 9.10. The zero-order valence-corrected chi connectivity index (χ0v) is 12.9. The Balaban J connectivity index is 0.00000180. The lowest BCUT2D eigenvalue weighted by Gasteiger charge is -2.30. The van der Waals surface area contributed by atoms with E-state index >= 15 is 0 Å². The van der Waals surface area contributed by atoms with Gasteiger partial charge in [0.25, 0.3) is 11.5 Å². The first kappa shape index (κ1) is 16.2. The third-order valence-corrected chi connectivity index (χ3v) is 3.79. The van der Waals surface area contributed by atoms with E-state index in [1.807, 2.05) is 0 Å². The third kappa shape index (κ3) is 4.06. The number of pyridine rings is 1. The lowest BCUT2D eigenvalue weighted by molar-refractivity contribution is 0.0919. The van der Waals surface area contributed by atoms with Gasteiger partial charge in [-0.1, -0.05) is 0 Å². The Kier molecular flexibility index (Phi) is 6.03. The van der Waals surface area contributed by atoms with Crippen molar-refractivity contribution in [2.75, 3.05) is 6.54 Å². The summed E-state index contributed by atoms with van der Waals surface area (Å²) in [6, 6.07) is 1.94. The van der Waals surface area contributed by atoms with E-state index in [1.54, 1.807) is 0 Å². The van der Waals surface area contributed by atoms with Crippen molar-refractivity contribution in [2.45, 2.75) is 31.8 Å². The Morgan fingerprint density at radius 2 is 2.26 bits per heavy atom. The molecule has 2 heterocycles. The fraction of sp³-hybridized carbons (Fsp3) is 0.500. The van der Waals surface area contributed by atoms with Crippen molar-refractivity contribution in [2.24, 2.45) is 0 Å². The van der Waals surface area contributed by atoms with Crippen molar-refractivity contribution in [1.82, 2.24) is 15.6 Å². The fourth-order valence-corrected chi connectivity index (χ4v) is 2.44. The number of aromatic nitrogens is 1. The molecule has 1 aliphatic rings. The SMILES string of the molecule is CC1NCCCC1NC(=O)c1c[nH]c(=O)c(Br)c1.Cl. The number of hydrogen-bond donors (Lipinski definition) is 3. The largest absolute Gasteiger partial charge is 0.348 e. The van der Waals surface area contributed by atoms with Gasteiger partial charge < -0.3 is 15.6 Å². The van der Waals surface area contributed by atoms with Gasteiger partial charge in [0.15, 0.2) is 0 Å². The van der Waals surface area contributed by atoms with Gasteiger partial charge in [-0.25, -0.2) is 0 Å². The lowest BCUT2D eigenvalue weighted by Crippen LogP contribution is -2.51. The van der Waals surface area contributed by atoms with E-state index < -0.39 is 0 Å². The molecule has 5 nitrogen and oxygen atoms in total. The minimum absolute atomic E-state index is 0. The van der Waals surface area contributed by atoms with E-state index in [-0.39, 0.29) is 36.0 Å². The van der Waals surface area contributed by atoms with E-state index in [4.69, 9.17) is 0 Å². The molecule has 0 aliphatic carbocycles. The minimum atomic E-state index is -0.237. The summed E-state index contributed by atoms with van der Waals surface area (Å²) in [5.74, 6) is -0.160. The molecule has 7 heteroatoms. The van der Waals surface area contributed by atoms with Gasteiger partial charge in [-0.3, -0.25) is 9.59 Å². The average Bonchev–Trinajstić information content (AvgIpc) is 2.35. The molecule has 0 spiro atoms. The molecule has 1 fully saturated rings. The van der Waals surface area contributed by atoms with Crippen LogP contribution in [0, 0.1) is 0 Å². The monoisotopic (exact) mass is 349 g/mol. The van der Waals surface area contributed by atoms with E-state index in [9.17, 15) is 9.59 Å². The highest BCUT2D eigenvalue weighted by Gasteiger charge is 2.22. The number of aromatic amines is 1. The van der Waals surface area contributed by atoms with Crippen molar-refractivity contribution in [3.8, 4) is 0 Å². The second-order valence-corrected chi connectivity index (χ2v) is 5.38. The molecule has 0 bridgehead atoms. The smallest absolute Gasteiger partial charge is 0.262 e. The van der Waals surface area contributed by atoms with Crippen LogP contribution in [-0.4, -0.2) is 29.5 Å². The Bertz CT molecular complexity index is 506. The molecule has 0 radical (unpaired) electrons. The van der Waals surface area contributed by atoms with Crippen molar-refractivity contribution < 1.29 is 4.79 Å². The summed E-state index contributed by atoms with van der Waals surface area (Å²) in [7, 11) is 0. The first-order valence-corrected chi connectivity index (χ1v) is 6.79. The van der Waals surface area contributed by atoms with Gasteiger partial charge in [0.1, 0.15) is 0 Å². The van der Waals surface area contributed by atoms with Crippen LogP contribution in [0.25, 0.3) is 0 Å². The Morgan fingerprint density at radius 3 is 2.89 bits per heavy atom. The predicted molar refractivity (Wildman–Crippen MR) is 80.0 cm³/mol. The Morgan fingerprint density at radius 1 is 1.53 bits per heavy atom. The third-order valence-electron chi connectivity index (χ3n) is 3.20. The minimum Gasteiger partial charge on any atom is -0.348 e. The van der Waals surface area contributed by atoms with Gasteiger partial charge in [-0.2, -0.15) is 0 Å².